The number of halogens is 1. The van der Waals surface area contributed by atoms with Crippen molar-refractivity contribution in [2.75, 3.05) is 6.54 Å². The van der Waals surface area contributed by atoms with Crippen LogP contribution in [-0.2, 0) is 10.0 Å². The minimum atomic E-state index is -3.74. The molecule has 1 aliphatic heterocycles. The van der Waals surface area contributed by atoms with Crippen LogP contribution in [0.4, 0.5) is 0 Å². The predicted octanol–water partition coefficient (Wildman–Crippen LogP) is 3.10. The average Bonchev–Trinajstić information content (AvgIpc) is 3.19. The van der Waals surface area contributed by atoms with E-state index in [4.69, 9.17) is 16.0 Å². The van der Waals surface area contributed by atoms with Crippen LogP contribution in [0.2, 0.25) is 5.02 Å². The summed E-state index contributed by atoms with van der Waals surface area (Å²) in [4.78, 5) is 8.25. The van der Waals surface area contributed by atoms with Gasteiger partial charge in [-0.3, -0.25) is 4.98 Å². The molecule has 140 valence electrons. The SMILES string of the molecule is O=S(=O)(c1cccc(Cl)c1)N1CCCC[C@H]1c1nnc(-c2cnccn2)o1. The number of nitrogens with zero attached hydrogens (tertiary/aromatic N) is 5. The van der Waals surface area contributed by atoms with Gasteiger partial charge in [-0.1, -0.05) is 24.1 Å². The lowest BCUT2D eigenvalue weighted by atomic mass is 10.1. The summed E-state index contributed by atoms with van der Waals surface area (Å²) in [6.07, 6.45) is 6.81. The second-order valence-corrected chi connectivity index (χ2v) is 8.45. The molecule has 0 aliphatic carbocycles. The molecule has 0 radical (unpaired) electrons. The van der Waals surface area contributed by atoms with Crippen molar-refractivity contribution in [3.8, 4) is 11.6 Å². The van der Waals surface area contributed by atoms with Gasteiger partial charge in [-0.25, -0.2) is 13.4 Å². The Bertz CT molecular complexity index is 1040. The van der Waals surface area contributed by atoms with Gasteiger partial charge in [0.25, 0.3) is 5.89 Å². The molecule has 10 heteroatoms. The van der Waals surface area contributed by atoms with Crippen LogP contribution >= 0.6 is 11.6 Å². The maximum atomic E-state index is 13.2. The number of rotatable bonds is 4. The van der Waals surface area contributed by atoms with Gasteiger partial charge in [0.2, 0.25) is 15.9 Å². The molecule has 0 amide bonds. The van der Waals surface area contributed by atoms with E-state index in [9.17, 15) is 8.42 Å². The van der Waals surface area contributed by atoms with Crippen molar-refractivity contribution in [3.05, 3.63) is 53.8 Å². The molecule has 27 heavy (non-hydrogen) atoms. The fraction of sp³-hybridized carbons (Fsp3) is 0.294. The summed E-state index contributed by atoms with van der Waals surface area (Å²) < 4.78 is 33.5. The van der Waals surface area contributed by atoms with Gasteiger partial charge in [0.15, 0.2) is 0 Å². The highest BCUT2D eigenvalue weighted by Gasteiger charge is 2.37. The summed E-state index contributed by atoms with van der Waals surface area (Å²) in [5, 5.41) is 8.45. The van der Waals surface area contributed by atoms with Crippen LogP contribution in [-0.4, -0.2) is 39.4 Å². The van der Waals surface area contributed by atoms with Crippen LogP contribution in [0.5, 0.6) is 0 Å². The molecule has 1 aliphatic rings. The fourth-order valence-electron chi connectivity index (χ4n) is 3.08. The third-order valence-corrected chi connectivity index (χ3v) is 6.50. The molecule has 3 heterocycles. The number of benzene rings is 1. The first-order valence-corrected chi connectivity index (χ1v) is 10.2. The molecule has 1 fully saturated rings. The van der Waals surface area contributed by atoms with Crippen molar-refractivity contribution in [2.24, 2.45) is 0 Å². The molecular weight excluding hydrogens is 390 g/mol. The van der Waals surface area contributed by atoms with Crippen LogP contribution in [0.3, 0.4) is 0 Å². The Hall–Kier alpha value is -2.36. The van der Waals surface area contributed by atoms with Crippen LogP contribution in [0.25, 0.3) is 11.6 Å². The van der Waals surface area contributed by atoms with Crippen molar-refractivity contribution in [1.82, 2.24) is 24.5 Å². The van der Waals surface area contributed by atoms with Gasteiger partial charge in [0.1, 0.15) is 11.7 Å². The molecule has 0 spiro atoms. The third-order valence-electron chi connectivity index (χ3n) is 4.36. The van der Waals surface area contributed by atoms with E-state index in [2.05, 4.69) is 20.2 Å². The zero-order valence-corrected chi connectivity index (χ0v) is 15.8. The summed E-state index contributed by atoms with van der Waals surface area (Å²) >= 11 is 5.98. The molecule has 0 N–H and O–H groups in total. The summed E-state index contributed by atoms with van der Waals surface area (Å²) in [5.74, 6) is 0.463. The van der Waals surface area contributed by atoms with E-state index in [0.29, 0.717) is 23.7 Å². The Morgan fingerprint density at radius 2 is 2.07 bits per heavy atom. The lowest BCUT2D eigenvalue weighted by molar-refractivity contribution is 0.220. The summed E-state index contributed by atoms with van der Waals surface area (Å²) in [6.45, 7) is 0.377. The predicted molar refractivity (Wildman–Crippen MR) is 97.3 cm³/mol. The van der Waals surface area contributed by atoms with E-state index in [1.807, 2.05) is 0 Å². The summed E-state index contributed by atoms with van der Waals surface area (Å²) in [5.41, 5.74) is 0.441. The summed E-state index contributed by atoms with van der Waals surface area (Å²) in [7, 11) is -3.74. The first kappa shape index (κ1) is 18.0. The van der Waals surface area contributed by atoms with E-state index >= 15 is 0 Å². The van der Waals surface area contributed by atoms with Gasteiger partial charge in [0.05, 0.1) is 11.1 Å². The van der Waals surface area contributed by atoms with Crippen molar-refractivity contribution in [1.29, 1.82) is 0 Å². The fourth-order valence-corrected chi connectivity index (χ4v) is 5.04. The van der Waals surface area contributed by atoms with E-state index in [1.165, 1.54) is 28.8 Å². The van der Waals surface area contributed by atoms with E-state index < -0.39 is 16.1 Å². The Labute approximate surface area is 161 Å². The van der Waals surface area contributed by atoms with Crippen molar-refractivity contribution in [3.63, 3.8) is 0 Å². The largest absolute Gasteiger partial charge is 0.417 e. The standard InChI is InChI=1S/C17H16ClN5O3S/c18-12-4-3-5-13(10-12)27(24,25)23-9-2-1-6-15(23)17-22-21-16(26-17)14-11-19-7-8-20-14/h3-5,7-8,10-11,15H,1-2,6,9H2/t15-/m0/s1. The smallest absolute Gasteiger partial charge is 0.267 e. The first-order chi connectivity index (χ1) is 13.1. The molecule has 1 aromatic carbocycles. The number of piperidine rings is 1. The van der Waals surface area contributed by atoms with Gasteiger partial charge >= 0.3 is 0 Å². The van der Waals surface area contributed by atoms with Gasteiger partial charge < -0.3 is 4.42 Å². The third kappa shape index (κ3) is 3.58. The Balaban J connectivity index is 1.68. The second kappa shape index (κ2) is 7.34. The zero-order valence-electron chi connectivity index (χ0n) is 14.2. The Morgan fingerprint density at radius 1 is 1.19 bits per heavy atom. The maximum Gasteiger partial charge on any atom is 0.267 e. The van der Waals surface area contributed by atoms with Crippen LogP contribution in [0.15, 0.2) is 52.2 Å². The monoisotopic (exact) mass is 405 g/mol. The highest BCUT2D eigenvalue weighted by atomic mass is 35.5. The molecule has 0 bridgehead atoms. The molecule has 8 nitrogen and oxygen atoms in total. The lowest BCUT2D eigenvalue weighted by Crippen LogP contribution is -2.38. The van der Waals surface area contributed by atoms with E-state index in [0.717, 1.165) is 12.8 Å². The van der Waals surface area contributed by atoms with Gasteiger partial charge in [-0.15, -0.1) is 10.2 Å². The molecule has 1 atom stereocenters. The molecule has 2 aromatic heterocycles. The molecule has 0 saturated carbocycles. The van der Waals surface area contributed by atoms with Crippen LogP contribution in [0, 0.1) is 0 Å². The number of hydrogen-bond donors (Lipinski definition) is 0. The minimum absolute atomic E-state index is 0.149. The van der Waals surface area contributed by atoms with Gasteiger partial charge in [0, 0.05) is 24.0 Å². The van der Waals surface area contributed by atoms with Crippen molar-refractivity contribution in [2.45, 2.75) is 30.2 Å². The average molecular weight is 406 g/mol. The molecular formula is C17H16ClN5O3S. The van der Waals surface area contributed by atoms with E-state index in [-0.39, 0.29) is 16.7 Å². The lowest BCUT2D eigenvalue weighted by Gasteiger charge is -2.32. The van der Waals surface area contributed by atoms with Crippen LogP contribution in [0.1, 0.15) is 31.2 Å². The minimum Gasteiger partial charge on any atom is -0.417 e. The zero-order chi connectivity index (χ0) is 18.9. The molecule has 0 unspecified atom stereocenters. The van der Waals surface area contributed by atoms with Gasteiger partial charge in [-0.2, -0.15) is 4.31 Å². The molecule has 4 rings (SSSR count). The molecule has 3 aromatic rings. The second-order valence-electron chi connectivity index (χ2n) is 6.12. The highest BCUT2D eigenvalue weighted by Crippen LogP contribution is 2.36. The van der Waals surface area contributed by atoms with Crippen LogP contribution < -0.4 is 0 Å². The van der Waals surface area contributed by atoms with Gasteiger partial charge in [-0.05, 0) is 31.0 Å². The number of sulfonamides is 1. The number of hydrogen-bond acceptors (Lipinski definition) is 7. The Kier molecular flexibility index (Phi) is 4.90. The summed E-state index contributed by atoms with van der Waals surface area (Å²) in [6, 6.07) is 5.71. The topological polar surface area (TPSA) is 102 Å². The Morgan fingerprint density at radius 3 is 2.85 bits per heavy atom. The van der Waals surface area contributed by atoms with E-state index in [1.54, 1.807) is 18.3 Å². The van der Waals surface area contributed by atoms with Crippen molar-refractivity contribution >= 4 is 21.6 Å². The normalized spacial score (nSPS) is 18.5. The first-order valence-electron chi connectivity index (χ1n) is 8.43. The molecule has 1 saturated heterocycles. The van der Waals surface area contributed by atoms with Crippen molar-refractivity contribution < 1.29 is 12.8 Å². The maximum absolute atomic E-state index is 13.2. The number of aromatic nitrogens is 4. The highest BCUT2D eigenvalue weighted by molar-refractivity contribution is 7.89. The quantitative estimate of drug-likeness (QED) is 0.657.